The summed E-state index contributed by atoms with van der Waals surface area (Å²) in [4.78, 5) is 36.9. The van der Waals surface area contributed by atoms with Crippen molar-refractivity contribution in [3.8, 4) is 0 Å². The Kier molecular flexibility index (Phi) is 3.12. The maximum absolute atomic E-state index is 12.0. The monoisotopic (exact) mass is 248 g/mol. The molecule has 0 radical (unpaired) electrons. The molecule has 0 aromatic heterocycles. The number of aliphatic carboxylic acids is 1. The Morgan fingerprint density at radius 3 is 2.17 bits per heavy atom. The van der Waals surface area contributed by atoms with Crippen LogP contribution in [0, 0.1) is 0 Å². The van der Waals surface area contributed by atoms with Crippen LogP contribution in [0.15, 0.2) is 24.3 Å². The zero-order chi connectivity index (χ0) is 13.3. The van der Waals surface area contributed by atoms with Crippen LogP contribution >= 0.6 is 0 Å². The Labute approximate surface area is 103 Å². The smallest absolute Gasteiger partial charge is 0.317 e. The van der Waals surface area contributed by atoms with E-state index in [-0.39, 0.29) is 25.0 Å². The highest BCUT2D eigenvalue weighted by molar-refractivity contribution is 6.21. The van der Waals surface area contributed by atoms with Crippen LogP contribution in [-0.2, 0) is 4.79 Å². The second-order valence-corrected chi connectivity index (χ2v) is 4.13. The maximum atomic E-state index is 12.0. The molecule has 1 aliphatic heterocycles. The van der Waals surface area contributed by atoms with Gasteiger partial charge in [0.1, 0.15) is 0 Å². The molecule has 0 saturated carbocycles. The number of hydrogen-bond acceptors (Lipinski definition) is 4. The van der Waals surface area contributed by atoms with Crippen LogP contribution in [0.25, 0.3) is 0 Å². The lowest BCUT2D eigenvalue weighted by atomic mass is 10.1. The second-order valence-electron chi connectivity index (χ2n) is 4.13. The number of amides is 2. The van der Waals surface area contributed by atoms with Crippen LogP contribution < -0.4 is 0 Å². The van der Waals surface area contributed by atoms with Crippen molar-refractivity contribution in [1.82, 2.24) is 9.80 Å². The van der Waals surface area contributed by atoms with Crippen molar-refractivity contribution in [1.29, 1.82) is 0 Å². The molecule has 1 aromatic rings. The zero-order valence-corrected chi connectivity index (χ0v) is 9.79. The number of carboxylic acid groups (broad SMARTS) is 1. The Morgan fingerprint density at radius 2 is 1.72 bits per heavy atom. The average Bonchev–Trinajstić information content (AvgIpc) is 2.54. The molecule has 0 saturated heterocycles. The zero-order valence-electron chi connectivity index (χ0n) is 9.79. The minimum atomic E-state index is -1.01. The van der Waals surface area contributed by atoms with Crippen LogP contribution in [0.1, 0.15) is 20.7 Å². The molecule has 94 valence electrons. The summed E-state index contributed by atoms with van der Waals surface area (Å²) in [6, 6.07) is 6.56. The van der Waals surface area contributed by atoms with Gasteiger partial charge >= 0.3 is 5.97 Å². The molecule has 18 heavy (non-hydrogen) atoms. The summed E-state index contributed by atoms with van der Waals surface area (Å²) < 4.78 is 0. The third-order valence-corrected chi connectivity index (χ3v) is 2.67. The van der Waals surface area contributed by atoms with Gasteiger partial charge in [0.25, 0.3) is 11.8 Å². The largest absolute Gasteiger partial charge is 0.480 e. The predicted molar refractivity (Wildman–Crippen MR) is 62.1 cm³/mol. The van der Waals surface area contributed by atoms with Crippen LogP contribution in [0.2, 0.25) is 0 Å². The van der Waals surface area contributed by atoms with Crippen molar-refractivity contribution in [3.05, 3.63) is 35.4 Å². The Morgan fingerprint density at radius 1 is 1.22 bits per heavy atom. The highest BCUT2D eigenvalue weighted by atomic mass is 16.4. The van der Waals surface area contributed by atoms with Crippen molar-refractivity contribution in [2.45, 2.75) is 0 Å². The quantitative estimate of drug-likeness (QED) is 0.773. The molecule has 6 nitrogen and oxygen atoms in total. The fourth-order valence-electron chi connectivity index (χ4n) is 1.89. The van der Waals surface area contributed by atoms with E-state index in [1.807, 2.05) is 0 Å². The van der Waals surface area contributed by atoms with Crippen molar-refractivity contribution < 1.29 is 19.5 Å². The van der Waals surface area contributed by atoms with E-state index >= 15 is 0 Å². The Hall–Kier alpha value is -2.21. The standard InChI is InChI=1S/C12H12N2O4/c1-13(6-10(15)16)7-14-11(17)8-4-2-3-5-9(8)12(14)18/h2-5H,6-7H2,1H3,(H,15,16). The van der Waals surface area contributed by atoms with Gasteiger partial charge in [0.15, 0.2) is 0 Å². The molecule has 0 bridgehead atoms. The van der Waals surface area contributed by atoms with E-state index in [2.05, 4.69) is 0 Å². The summed E-state index contributed by atoms with van der Waals surface area (Å²) >= 11 is 0. The lowest BCUT2D eigenvalue weighted by Gasteiger charge is -2.20. The number of nitrogens with zero attached hydrogens (tertiary/aromatic N) is 2. The number of carboxylic acids is 1. The van der Waals surface area contributed by atoms with E-state index in [1.54, 1.807) is 24.3 Å². The van der Waals surface area contributed by atoms with Crippen LogP contribution in [0.4, 0.5) is 0 Å². The summed E-state index contributed by atoms with van der Waals surface area (Å²) in [5, 5.41) is 8.63. The molecule has 2 rings (SSSR count). The minimum Gasteiger partial charge on any atom is -0.480 e. The number of fused-ring (bicyclic) bond motifs is 1. The van der Waals surface area contributed by atoms with Gasteiger partial charge in [-0.3, -0.25) is 24.2 Å². The molecule has 1 N–H and O–H groups in total. The summed E-state index contributed by atoms with van der Waals surface area (Å²) in [7, 11) is 1.54. The molecule has 0 aliphatic carbocycles. The summed E-state index contributed by atoms with van der Waals surface area (Å²) in [6.45, 7) is -0.258. The van der Waals surface area contributed by atoms with Gasteiger partial charge in [-0.2, -0.15) is 0 Å². The summed E-state index contributed by atoms with van der Waals surface area (Å²) in [6.07, 6.45) is 0. The number of likely N-dealkylation sites (N-methyl/N-ethyl adjacent to an activating group) is 1. The van der Waals surface area contributed by atoms with Gasteiger partial charge in [0.2, 0.25) is 0 Å². The van der Waals surface area contributed by atoms with E-state index in [4.69, 9.17) is 5.11 Å². The normalized spacial score (nSPS) is 14.2. The molecule has 6 heteroatoms. The summed E-state index contributed by atoms with van der Waals surface area (Å²) in [5.41, 5.74) is 0.734. The van der Waals surface area contributed by atoms with E-state index < -0.39 is 5.97 Å². The van der Waals surface area contributed by atoms with Gasteiger partial charge in [0.05, 0.1) is 24.3 Å². The molecule has 0 spiro atoms. The molecule has 1 heterocycles. The summed E-state index contributed by atoms with van der Waals surface area (Å²) in [5.74, 6) is -1.77. The van der Waals surface area contributed by atoms with Gasteiger partial charge < -0.3 is 5.11 Å². The highest BCUT2D eigenvalue weighted by Crippen LogP contribution is 2.22. The topological polar surface area (TPSA) is 77.9 Å². The fraction of sp³-hybridized carbons (Fsp3) is 0.250. The minimum absolute atomic E-state index is 0.0291. The van der Waals surface area contributed by atoms with Crippen molar-refractivity contribution in [2.75, 3.05) is 20.3 Å². The third-order valence-electron chi connectivity index (χ3n) is 2.67. The molecule has 1 aromatic carbocycles. The van der Waals surface area contributed by atoms with Crippen molar-refractivity contribution in [3.63, 3.8) is 0 Å². The molecular formula is C12H12N2O4. The Balaban J connectivity index is 2.16. The average molecular weight is 248 g/mol. The van der Waals surface area contributed by atoms with E-state index in [1.165, 1.54) is 11.9 Å². The molecule has 0 atom stereocenters. The van der Waals surface area contributed by atoms with Crippen LogP contribution in [0.3, 0.4) is 0 Å². The molecule has 0 fully saturated rings. The van der Waals surface area contributed by atoms with Crippen molar-refractivity contribution >= 4 is 17.8 Å². The lowest BCUT2D eigenvalue weighted by molar-refractivity contribution is -0.138. The number of imide groups is 1. The molecular weight excluding hydrogens is 236 g/mol. The van der Waals surface area contributed by atoms with Crippen LogP contribution in [0.5, 0.6) is 0 Å². The fourth-order valence-corrected chi connectivity index (χ4v) is 1.89. The number of carbonyl (C=O) groups excluding carboxylic acids is 2. The number of hydrogen-bond donors (Lipinski definition) is 1. The highest BCUT2D eigenvalue weighted by Gasteiger charge is 2.35. The number of carbonyl (C=O) groups is 3. The van der Waals surface area contributed by atoms with Gasteiger partial charge in [-0.15, -0.1) is 0 Å². The van der Waals surface area contributed by atoms with E-state index in [9.17, 15) is 14.4 Å². The lowest BCUT2D eigenvalue weighted by Crippen LogP contribution is -2.41. The maximum Gasteiger partial charge on any atom is 0.317 e. The first-order valence-electron chi connectivity index (χ1n) is 5.36. The molecule has 0 unspecified atom stereocenters. The second kappa shape index (κ2) is 4.58. The Bertz CT molecular complexity index is 492. The van der Waals surface area contributed by atoms with Crippen molar-refractivity contribution in [2.24, 2.45) is 0 Å². The van der Waals surface area contributed by atoms with E-state index in [0.717, 1.165) is 4.90 Å². The molecule has 1 aliphatic rings. The number of benzene rings is 1. The third kappa shape index (κ3) is 2.10. The first kappa shape index (κ1) is 12.3. The van der Waals surface area contributed by atoms with Gasteiger partial charge in [-0.1, -0.05) is 12.1 Å². The first-order chi connectivity index (χ1) is 8.50. The SMILES string of the molecule is CN(CC(=O)O)CN1C(=O)c2ccccc2C1=O. The predicted octanol–water partition coefficient (Wildman–Crippen LogP) is 0.257. The molecule has 2 amide bonds. The van der Waals surface area contributed by atoms with E-state index in [0.29, 0.717) is 11.1 Å². The van der Waals surface area contributed by atoms with Gasteiger partial charge in [-0.25, -0.2) is 0 Å². The van der Waals surface area contributed by atoms with Gasteiger partial charge in [-0.05, 0) is 19.2 Å². The first-order valence-corrected chi connectivity index (χ1v) is 5.36. The van der Waals surface area contributed by atoms with Crippen LogP contribution in [-0.4, -0.2) is 53.0 Å². The van der Waals surface area contributed by atoms with Gasteiger partial charge in [0, 0.05) is 0 Å². The number of rotatable bonds is 4.